The zero-order valence-corrected chi connectivity index (χ0v) is 16.3. The molecule has 0 aliphatic carbocycles. The highest BCUT2D eigenvalue weighted by molar-refractivity contribution is 5.60. The summed E-state index contributed by atoms with van der Waals surface area (Å²) in [5.74, 6) is 1.99. The average molecular weight is 393 g/mol. The van der Waals surface area contributed by atoms with E-state index in [0.29, 0.717) is 11.7 Å². The number of nitro benzene ring substituents is 1. The lowest BCUT2D eigenvalue weighted by Crippen LogP contribution is -2.37. The van der Waals surface area contributed by atoms with Gasteiger partial charge in [-0.2, -0.15) is 5.10 Å². The summed E-state index contributed by atoms with van der Waals surface area (Å²) in [5.41, 5.74) is 1.80. The summed E-state index contributed by atoms with van der Waals surface area (Å²) < 4.78 is 1.88. The molecule has 3 aromatic rings. The van der Waals surface area contributed by atoms with E-state index >= 15 is 0 Å². The second kappa shape index (κ2) is 8.34. The van der Waals surface area contributed by atoms with E-state index in [4.69, 9.17) is 4.98 Å². The molecule has 1 aliphatic rings. The highest BCUT2D eigenvalue weighted by atomic mass is 16.6. The first-order valence-electron chi connectivity index (χ1n) is 9.82. The van der Waals surface area contributed by atoms with Crippen LogP contribution in [0.3, 0.4) is 0 Å². The Labute approximate surface area is 168 Å². The molecule has 2 aromatic heterocycles. The van der Waals surface area contributed by atoms with Crippen LogP contribution in [-0.4, -0.2) is 42.7 Å². The van der Waals surface area contributed by atoms with Gasteiger partial charge in [-0.15, -0.1) is 0 Å². The van der Waals surface area contributed by atoms with Gasteiger partial charge in [-0.25, -0.2) is 15.0 Å². The second-order valence-corrected chi connectivity index (χ2v) is 7.27. The Morgan fingerprint density at radius 2 is 2.07 bits per heavy atom. The zero-order valence-electron chi connectivity index (χ0n) is 16.3. The monoisotopic (exact) mass is 393 g/mol. The predicted octanol–water partition coefficient (Wildman–Crippen LogP) is 3.12. The van der Waals surface area contributed by atoms with Gasteiger partial charge < -0.3 is 4.90 Å². The van der Waals surface area contributed by atoms with Crippen LogP contribution in [0, 0.1) is 16.0 Å². The van der Waals surface area contributed by atoms with Crippen LogP contribution in [-0.2, 0) is 13.0 Å². The van der Waals surface area contributed by atoms with E-state index < -0.39 is 4.92 Å². The van der Waals surface area contributed by atoms with E-state index in [1.165, 1.54) is 12.1 Å². The number of anilines is 1. The molecule has 1 atom stereocenters. The quantitative estimate of drug-likeness (QED) is 0.468. The molecule has 29 heavy (non-hydrogen) atoms. The Kier molecular flexibility index (Phi) is 5.46. The minimum atomic E-state index is -0.401. The second-order valence-electron chi connectivity index (χ2n) is 7.27. The molecule has 4 rings (SSSR count). The minimum Gasteiger partial charge on any atom is -0.356 e. The molecular weight excluding hydrogens is 370 g/mol. The summed E-state index contributed by atoms with van der Waals surface area (Å²) in [4.78, 5) is 26.3. The largest absolute Gasteiger partial charge is 0.356 e. The highest BCUT2D eigenvalue weighted by Gasteiger charge is 2.23. The summed E-state index contributed by atoms with van der Waals surface area (Å²) in [5, 5.41) is 15.1. The summed E-state index contributed by atoms with van der Waals surface area (Å²) in [6.07, 6.45) is 6.36. The van der Waals surface area contributed by atoms with Gasteiger partial charge in [0.25, 0.3) is 5.69 Å². The van der Waals surface area contributed by atoms with Crippen molar-refractivity contribution in [2.24, 2.45) is 5.92 Å². The number of hydrogen-bond donors (Lipinski definition) is 0. The van der Waals surface area contributed by atoms with Crippen molar-refractivity contribution in [2.45, 2.75) is 32.7 Å². The molecule has 0 spiro atoms. The number of hydrogen-bond acceptors (Lipinski definition) is 7. The van der Waals surface area contributed by atoms with Crippen molar-refractivity contribution in [3.05, 3.63) is 58.8 Å². The Bertz CT molecular complexity index is 973. The smallest absolute Gasteiger partial charge is 0.269 e. The maximum Gasteiger partial charge on any atom is 0.269 e. The van der Waals surface area contributed by atoms with Crippen LogP contribution >= 0.6 is 0 Å². The van der Waals surface area contributed by atoms with E-state index in [2.05, 4.69) is 26.9 Å². The molecular formula is C20H23N7O2. The van der Waals surface area contributed by atoms with Gasteiger partial charge in [0.15, 0.2) is 5.82 Å². The van der Waals surface area contributed by atoms with Crippen LogP contribution in [0.2, 0.25) is 0 Å². The van der Waals surface area contributed by atoms with Crippen LogP contribution in [0.1, 0.15) is 25.5 Å². The first kappa shape index (κ1) is 19.0. The molecule has 0 bridgehead atoms. The molecule has 1 aliphatic heterocycles. The molecule has 0 saturated carbocycles. The third-order valence-corrected chi connectivity index (χ3v) is 5.22. The normalized spacial score (nSPS) is 16.7. The Morgan fingerprint density at radius 3 is 2.76 bits per heavy atom. The topological polar surface area (TPSA) is 103 Å². The Morgan fingerprint density at radius 1 is 1.24 bits per heavy atom. The first-order chi connectivity index (χ1) is 14.1. The summed E-state index contributed by atoms with van der Waals surface area (Å²) in [6.45, 7) is 4.76. The molecule has 9 heteroatoms. The van der Waals surface area contributed by atoms with Crippen LogP contribution < -0.4 is 4.90 Å². The van der Waals surface area contributed by atoms with Gasteiger partial charge in [0.05, 0.1) is 4.92 Å². The maximum absolute atomic E-state index is 10.9. The van der Waals surface area contributed by atoms with Crippen LogP contribution in [0.15, 0.2) is 43.0 Å². The molecule has 3 heterocycles. The third-order valence-electron chi connectivity index (χ3n) is 5.22. The molecule has 1 aromatic carbocycles. The zero-order chi connectivity index (χ0) is 20.2. The molecule has 0 radical (unpaired) electrons. The van der Waals surface area contributed by atoms with Gasteiger partial charge >= 0.3 is 0 Å². The van der Waals surface area contributed by atoms with Crippen LogP contribution in [0.4, 0.5) is 11.5 Å². The van der Waals surface area contributed by atoms with E-state index in [9.17, 15) is 10.1 Å². The SMILES string of the molecule is CCc1cc(N2CCCC(Cn3cncn3)C2)nc(-c2ccc([N+](=O)[O-])cc2)n1. The van der Waals surface area contributed by atoms with Crippen molar-refractivity contribution in [3.63, 3.8) is 0 Å². The number of benzene rings is 1. The molecule has 1 fully saturated rings. The van der Waals surface area contributed by atoms with E-state index in [1.54, 1.807) is 24.8 Å². The Hall–Kier alpha value is -3.36. The fraction of sp³-hybridized carbons (Fsp3) is 0.400. The summed E-state index contributed by atoms with van der Waals surface area (Å²) >= 11 is 0. The van der Waals surface area contributed by atoms with E-state index in [0.717, 1.165) is 56.0 Å². The average Bonchev–Trinajstić information content (AvgIpc) is 3.26. The van der Waals surface area contributed by atoms with E-state index in [1.807, 2.05) is 10.7 Å². The highest BCUT2D eigenvalue weighted by Crippen LogP contribution is 2.26. The van der Waals surface area contributed by atoms with Crippen molar-refractivity contribution in [1.29, 1.82) is 0 Å². The fourth-order valence-corrected chi connectivity index (χ4v) is 3.70. The van der Waals surface area contributed by atoms with Gasteiger partial charge in [0, 0.05) is 49.1 Å². The van der Waals surface area contributed by atoms with Crippen molar-refractivity contribution < 1.29 is 4.92 Å². The maximum atomic E-state index is 10.9. The predicted molar refractivity (Wildman–Crippen MR) is 108 cm³/mol. The lowest BCUT2D eigenvalue weighted by molar-refractivity contribution is -0.384. The first-order valence-corrected chi connectivity index (χ1v) is 9.82. The summed E-state index contributed by atoms with van der Waals surface area (Å²) in [7, 11) is 0. The minimum absolute atomic E-state index is 0.0626. The van der Waals surface area contributed by atoms with E-state index in [-0.39, 0.29) is 5.69 Å². The molecule has 150 valence electrons. The van der Waals surface area contributed by atoms with Crippen molar-refractivity contribution in [2.75, 3.05) is 18.0 Å². The number of rotatable bonds is 6. The van der Waals surface area contributed by atoms with Crippen molar-refractivity contribution in [1.82, 2.24) is 24.7 Å². The van der Waals surface area contributed by atoms with Gasteiger partial charge in [-0.1, -0.05) is 6.92 Å². The number of aryl methyl sites for hydroxylation is 1. The fourth-order valence-electron chi connectivity index (χ4n) is 3.70. The number of nitrogens with zero attached hydrogens (tertiary/aromatic N) is 7. The van der Waals surface area contributed by atoms with Gasteiger partial charge in [0.1, 0.15) is 18.5 Å². The van der Waals surface area contributed by atoms with Gasteiger partial charge in [-0.3, -0.25) is 14.8 Å². The van der Waals surface area contributed by atoms with Crippen LogP contribution in [0.25, 0.3) is 11.4 Å². The number of aromatic nitrogens is 5. The van der Waals surface area contributed by atoms with Gasteiger partial charge in [-0.05, 0) is 37.3 Å². The van der Waals surface area contributed by atoms with Crippen molar-refractivity contribution >= 4 is 11.5 Å². The summed E-state index contributed by atoms with van der Waals surface area (Å²) in [6, 6.07) is 8.45. The molecule has 1 saturated heterocycles. The molecule has 1 unspecified atom stereocenters. The number of non-ortho nitro benzene ring substituents is 1. The lowest BCUT2D eigenvalue weighted by atomic mass is 9.98. The molecule has 0 N–H and O–H groups in total. The third kappa shape index (κ3) is 4.39. The molecule has 0 amide bonds. The molecule has 9 nitrogen and oxygen atoms in total. The standard InChI is InChI=1S/C20H23N7O2/c1-2-17-10-19(24-20(23-17)16-5-7-18(8-6-16)27(28)29)25-9-3-4-15(11-25)12-26-14-21-13-22-26/h5-8,10,13-15H,2-4,9,11-12H2,1H3. The van der Waals surface area contributed by atoms with Crippen LogP contribution in [0.5, 0.6) is 0 Å². The van der Waals surface area contributed by atoms with Crippen molar-refractivity contribution in [3.8, 4) is 11.4 Å². The number of piperidine rings is 1. The van der Waals surface area contributed by atoms with Gasteiger partial charge in [0.2, 0.25) is 0 Å². The Balaban J connectivity index is 1.58. The lowest BCUT2D eigenvalue weighted by Gasteiger charge is -2.33. The number of nitro groups is 1.